The first kappa shape index (κ1) is 48.1. The van der Waals surface area contributed by atoms with Gasteiger partial charge in [-0.2, -0.15) is 0 Å². The second kappa shape index (κ2) is 32.6. The number of halogens is 2. The molecule has 0 amide bonds. The van der Waals surface area contributed by atoms with Gasteiger partial charge in [0.25, 0.3) is 0 Å². The molecule has 2 N–H and O–H groups in total. The molecule has 264 valence electrons. The normalized spacial score (nSPS) is 13.4. The summed E-state index contributed by atoms with van der Waals surface area (Å²) in [7, 11) is 8.78. The summed E-state index contributed by atoms with van der Waals surface area (Å²) in [6.45, 7) is 10.7. The number of rotatable bonds is 32. The molecule has 0 aromatic rings. The third kappa shape index (κ3) is 35.4. The molecule has 0 aromatic heterocycles. The second-order valence-corrected chi connectivity index (χ2v) is 13.7. The van der Waals surface area contributed by atoms with Gasteiger partial charge in [-0.15, -0.1) is 0 Å². The van der Waals surface area contributed by atoms with Gasteiger partial charge in [0, 0.05) is 0 Å². The van der Waals surface area contributed by atoms with E-state index in [0.717, 1.165) is 22.1 Å². The Bertz CT molecular complexity index is 513. The molecular weight excluding hydrogens is 676 g/mol. The fourth-order valence-corrected chi connectivity index (χ4v) is 5.55. The summed E-state index contributed by atoms with van der Waals surface area (Å²) in [4.78, 5) is 0. The van der Waals surface area contributed by atoms with Crippen molar-refractivity contribution in [2.45, 2.75) is 129 Å². The van der Waals surface area contributed by atoms with Crippen LogP contribution in [0.25, 0.3) is 0 Å². The molecule has 0 aliphatic heterocycles. The van der Waals surface area contributed by atoms with Crippen molar-refractivity contribution >= 4 is 0 Å². The summed E-state index contributed by atoms with van der Waals surface area (Å²) in [6, 6.07) is 0. The molecule has 0 saturated carbocycles. The summed E-state index contributed by atoms with van der Waals surface area (Å²) in [5, 5.41) is 20.8. The second-order valence-electron chi connectivity index (χ2n) is 13.7. The minimum Gasteiger partial charge on any atom is -1.00 e. The lowest BCUT2D eigenvalue weighted by Gasteiger charge is -2.32. The van der Waals surface area contributed by atoms with Gasteiger partial charge in [0.1, 0.15) is 25.3 Å². The molecule has 0 saturated heterocycles. The van der Waals surface area contributed by atoms with E-state index in [0.29, 0.717) is 52.7 Å². The molecule has 0 aliphatic rings. The molecular formula is C34H74Br2N2O5. The molecule has 43 heavy (non-hydrogen) atoms. The van der Waals surface area contributed by atoms with Crippen LogP contribution in [0.4, 0.5) is 0 Å². The van der Waals surface area contributed by atoms with Crippen LogP contribution in [0.5, 0.6) is 0 Å². The number of aliphatic hydroxyl groups excluding tert-OH is 2. The Morgan fingerprint density at radius 2 is 0.721 bits per heavy atom. The van der Waals surface area contributed by atoms with Crippen LogP contribution in [-0.4, -0.2) is 125 Å². The van der Waals surface area contributed by atoms with E-state index in [1.165, 1.54) is 103 Å². The number of unbranched alkanes of at least 4 members (excludes halogenated alkanes) is 14. The molecule has 0 fully saturated rings. The zero-order chi connectivity index (χ0) is 30.7. The number of nitrogens with zero attached hydrogens (tertiary/aromatic N) is 2. The fraction of sp³-hybridized carbons (Fsp3) is 1.00. The zero-order valence-electron chi connectivity index (χ0n) is 29.3. The van der Waals surface area contributed by atoms with Gasteiger partial charge in [0.15, 0.2) is 0 Å². The highest BCUT2D eigenvalue weighted by atomic mass is 79.9. The Labute approximate surface area is 289 Å². The minimum atomic E-state index is -0.456. The Hall–Kier alpha value is 0.680. The maximum atomic E-state index is 10.4. The smallest absolute Gasteiger partial charge is 0.126 e. The first-order chi connectivity index (χ1) is 19.6. The number of hydrogen-bond acceptors (Lipinski definition) is 5. The van der Waals surface area contributed by atoms with Crippen LogP contribution >= 0.6 is 0 Å². The van der Waals surface area contributed by atoms with Gasteiger partial charge < -0.3 is 67.4 Å². The molecule has 0 spiro atoms. The summed E-state index contributed by atoms with van der Waals surface area (Å²) < 4.78 is 18.5. The summed E-state index contributed by atoms with van der Waals surface area (Å²) in [5.41, 5.74) is 0. The summed E-state index contributed by atoms with van der Waals surface area (Å²) in [6.07, 6.45) is 20.3. The first-order valence-corrected chi connectivity index (χ1v) is 17.3. The molecule has 2 atom stereocenters. The topological polar surface area (TPSA) is 68.2 Å². The van der Waals surface area contributed by atoms with Crippen molar-refractivity contribution in [3.05, 3.63) is 0 Å². The quantitative estimate of drug-likeness (QED) is 0.0761. The van der Waals surface area contributed by atoms with Crippen LogP contribution < -0.4 is 34.0 Å². The Morgan fingerprint density at radius 3 is 1.05 bits per heavy atom. The highest BCUT2D eigenvalue weighted by Crippen LogP contribution is 2.12. The SMILES string of the molecule is CCCCCCCCCC[N+](C)(C)CC(O)COCCOCCOCC(O)C[N+](C)(C)CCCCCCCCCC.[Br-].[Br-]. The third-order valence-electron chi connectivity index (χ3n) is 8.01. The molecule has 7 nitrogen and oxygen atoms in total. The molecule has 2 unspecified atom stereocenters. The van der Waals surface area contributed by atoms with E-state index in [-0.39, 0.29) is 34.0 Å². The predicted octanol–water partition coefficient (Wildman–Crippen LogP) is 0.200. The zero-order valence-corrected chi connectivity index (χ0v) is 32.5. The van der Waals surface area contributed by atoms with Crippen LogP contribution in [0.2, 0.25) is 0 Å². The molecule has 0 bridgehead atoms. The summed E-state index contributed by atoms with van der Waals surface area (Å²) >= 11 is 0. The lowest BCUT2D eigenvalue weighted by molar-refractivity contribution is -0.893. The average Bonchev–Trinajstić information content (AvgIpc) is 2.90. The largest absolute Gasteiger partial charge is 1.00 e. The van der Waals surface area contributed by atoms with Gasteiger partial charge in [-0.3, -0.25) is 0 Å². The van der Waals surface area contributed by atoms with Gasteiger partial charge >= 0.3 is 0 Å². The van der Waals surface area contributed by atoms with Crippen LogP contribution in [0.1, 0.15) is 117 Å². The fourth-order valence-electron chi connectivity index (χ4n) is 5.55. The van der Waals surface area contributed by atoms with Gasteiger partial charge in [-0.1, -0.05) is 90.9 Å². The van der Waals surface area contributed by atoms with Crippen LogP contribution in [0, 0.1) is 0 Å². The Kier molecular flexibility index (Phi) is 36.5. The lowest BCUT2D eigenvalue weighted by atomic mass is 10.1. The lowest BCUT2D eigenvalue weighted by Crippen LogP contribution is -3.00. The molecule has 0 aromatic carbocycles. The van der Waals surface area contributed by atoms with Crippen molar-refractivity contribution in [2.24, 2.45) is 0 Å². The molecule has 0 heterocycles. The monoisotopic (exact) mass is 748 g/mol. The van der Waals surface area contributed by atoms with E-state index in [2.05, 4.69) is 42.0 Å². The van der Waals surface area contributed by atoms with E-state index in [9.17, 15) is 10.2 Å². The molecule has 9 heteroatoms. The van der Waals surface area contributed by atoms with E-state index in [1.54, 1.807) is 0 Å². The van der Waals surface area contributed by atoms with E-state index in [4.69, 9.17) is 14.2 Å². The first-order valence-electron chi connectivity index (χ1n) is 17.3. The molecule has 0 radical (unpaired) electrons. The van der Waals surface area contributed by atoms with Crippen LogP contribution in [0.3, 0.4) is 0 Å². The summed E-state index contributed by atoms with van der Waals surface area (Å²) in [5.74, 6) is 0. The van der Waals surface area contributed by atoms with E-state index >= 15 is 0 Å². The van der Waals surface area contributed by atoms with Crippen molar-refractivity contribution in [3.63, 3.8) is 0 Å². The molecule has 0 rings (SSSR count). The van der Waals surface area contributed by atoms with Gasteiger partial charge in [0.2, 0.25) is 0 Å². The maximum Gasteiger partial charge on any atom is 0.126 e. The van der Waals surface area contributed by atoms with Gasteiger partial charge in [-0.05, 0) is 25.7 Å². The average molecular weight is 751 g/mol. The highest BCUT2D eigenvalue weighted by Gasteiger charge is 2.21. The number of aliphatic hydroxyl groups is 2. The van der Waals surface area contributed by atoms with Gasteiger partial charge in [0.05, 0.1) is 80.9 Å². The van der Waals surface area contributed by atoms with E-state index in [1.807, 2.05) is 0 Å². The highest BCUT2D eigenvalue weighted by molar-refractivity contribution is 4.55. The Balaban J connectivity index is -0.00000800. The van der Waals surface area contributed by atoms with Crippen LogP contribution in [0.15, 0.2) is 0 Å². The third-order valence-corrected chi connectivity index (χ3v) is 8.01. The number of hydrogen-bond donors (Lipinski definition) is 2. The predicted molar refractivity (Wildman–Crippen MR) is 173 cm³/mol. The standard InChI is InChI=1S/C34H74N2O5.2BrH/c1-7-9-11-13-15-17-19-21-23-35(3,4)29-33(37)31-40-27-25-39-26-28-41-32-34(38)30-36(5,6)24-22-20-18-16-14-12-10-8-2;;/h33-34,37-38H,7-32H2,1-6H3;2*1H/q+2;;/p-2. The number of ether oxygens (including phenoxy) is 3. The van der Waals surface area contributed by atoms with Crippen molar-refractivity contribution in [1.82, 2.24) is 0 Å². The van der Waals surface area contributed by atoms with Crippen LogP contribution in [-0.2, 0) is 14.2 Å². The van der Waals surface area contributed by atoms with Crippen molar-refractivity contribution in [1.29, 1.82) is 0 Å². The van der Waals surface area contributed by atoms with Crippen molar-refractivity contribution < 1.29 is 67.4 Å². The number of quaternary nitrogens is 2. The minimum absolute atomic E-state index is 0. The maximum absolute atomic E-state index is 10.4. The molecule has 0 aliphatic carbocycles. The van der Waals surface area contributed by atoms with Crippen molar-refractivity contribution in [3.8, 4) is 0 Å². The van der Waals surface area contributed by atoms with E-state index < -0.39 is 12.2 Å². The van der Waals surface area contributed by atoms with Crippen molar-refractivity contribution in [2.75, 3.05) is 94.0 Å². The Morgan fingerprint density at radius 1 is 0.442 bits per heavy atom. The number of likely N-dealkylation sites (N-methyl/N-ethyl adjacent to an activating group) is 2. The van der Waals surface area contributed by atoms with Gasteiger partial charge in [-0.25, -0.2) is 0 Å².